The van der Waals surface area contributed by atoms with E-state index >= 15 is 0 Å². The lowest BCUT2D eigenvalue weighted by Gasteiger charge is -2.12. The zero-order valence-corrected chi connectivity index (χ0v) is 14.2. The van der Waals surface area contributed by atoms with E-state index < -0.39 is 26.5 Å². The highest BCUT2D eigenvalue weighted by Gasteiger charge is 2.37. The number of benzene rings is 1. The van der Waals surface area contributed by atoms with Crippen LogP contribution in [0.5, 0.6) is 0 Å². The van der Waals surface area contributed by atoms with Gasteiger partial charge in [0.2, 0.25) is 9.84 Å². The maximum Gasteiger partial charge on any atom is 0.417 e. The van der Waals surface area contributed by atoms with Gasteiger partial charge in [-0.1, -0.05) is 12.1 Å². The number of aromatic amines is 1. The van der Waals surface area contributed by atoms with Gasteiger partial charge in [0.05, 0.1) is 15.4 Å². The summed E-state index contributed by atoms with van der Waals surface area (Å²) >= 11 is 0. The molecule has 136 valence electrons. The average molecular weight is 381 g/mol. The first-order valence-electron chi connectivity index (χ1n) is 7.92. The summed E-state index contributed by atoms with van der Waals surface area (Å²) in [6.45, 7) is 0. The van der Waals surface area contributed by atoms with Gasteiger partial charge >= 0.3 is 6.18 Å². The Kier molecular flexibility index (Phi) is 3.72. The van der Waals surface area contributed by atoms with Crippen molar-refractivity contribution in [2.24, 2.45) is 0 Å². The number of nitrogens with zero attached hydrogens (tertiary/aromatic N) is 2. The zero-order valence-electron chi connectivity index (χ0n) is 13.4. The third kappa shape index (κ3) is 2.92. The van der Waals surface area contributed by atoms with Gasteiger partial charge in [-0.05, 0) is 31.0 Å². The maximum absolute atomic E-state index is 13.2. The van der Waals surface area contributed by atoms with E-state index in [9.17, 15) is 21.6 Å². The molecule has 2 aromatic heterocycles. The largest absolute Gasteiger partial charge is 0.417 e. The second-order valence-corrected chi connectivity index (χ2v) is 8.13. The van der Waals surface area contributed by atoms with Crippen LogP contribution in [0.4, 0.5) is 13.2 Å². The smallest absolute Gasteiger partial charge is 0.306 e. The summed E-state index contributed by atoms with van der Waals surface area (Å²) in [6, 6.07) is 7.26. The van der Waals surface area contributed by atoms with Crippen molar-refractivity contribution in [2.45, 2.75) is 34.7 Å². The van der Waals surface area contributed by atoms with Gasteiger partial charge in [-0.15, -0.1) is 0 Å². The first-order chi connectivity index (χ1) is 12.3. The number of hydrogen-bond acceptors (Lipinski definition) is 3. The summed E-state index contributed by atoms with van der Waals surface area (Å²) < 4.78 is 66.4. The van der Waals surface area contributed by atoms with Gasteiger partial charge in [-0.2, -0.15) is 18.3 Å². The number of nitrogens with one attached hydrogen (secondary N) is 1. The molecule has 3 aromatic rings. The summed E-state index contributed by atoms with van der Waals surface area (Å²) in [5.41, 5.74) is -0.205. The third-order valence-corrected chi connectivity index (χ3v) is 6.12. The van der Waals surface area contributed by atoms with Gasteiger partial charge < -0.3 is 4.57 Å². The SMILES string of the molecule is O=S(=O)(c1ccn(-c2cc(C3CC3)[nH]n2)c1)c1ccccc1C(F)(F)F. The Morgan fingerprint density at radius 2 is 1.88 bits per heavy atom. The predicted molar refractivity (Wildman–Crippen MR) is 86.8 cm³/mol. The molecule has 0 amide bonds. The normalized spacial score (nSPS) is 15.3. The molecule has 1 aliphatic rings. The third-order valence-electron chi connectivity index (χ3n) is 4.32. The Labute approximate surface area is 147 Å². The molecule has 0 spiro atoms. The van der Waals surface area contributed by atoms with Gasteiger partial charge in [-0.3, -0.25) is 5.10 Å². The number of halogens is 3. The minimum atomic E-state index is -4.76. The number of sulfone groups is 1. The van der Waals surface area contributed by atoms with E-state index in [2.05, 4.69) is 10.2 Å². The van der Waals surface area contributed by atoms with Crippen molar-refractivity contribution >= 4 is 9.84 Å². The molecule has 26 heavy (non-hydrogen) atoms. The van der Waals surface area contributed by atoms with Crippen LogP contribution < -0.4 is 0 Å². The quantitative estimate of drug-likeness (QED) is 0.745. The van der Waals surface area contributed by atoms with Crippen LogP contribution in [0.25, 0.3) is 5.82 Å². The first-order valence-corrected chi connectivity index (χ1v) is 9.40. The van der Waals surface area contributed by atoms with E-state index in [1.807, 2.05) is 6.07 Å². The Hall–Kier alpha value is -2.55. The van der Waals surface area contributed by atoms with Crippen LogP contribution in [0, 0.1) is 0 Å². The molecule has 9 heteroatoms. The van der Waals surface area contributed by atoms with E-state index in [4.69, 9.17) is 0 Å². The highest BCUT2D eigenvalue weighted by atomic mass is 32.2. The molecule has 1 fully saturated rings. The first kappa shape index (κ1) is 16.9. The highest BCUT2D eigenvalue weighted by Crippen LogP contribution is 2.39. The lowest BCUT2D eigenvalue weighted by molar-refractivity contribution is -0.139. The monoisotopic (exact) mass is 381 g/mol. The molecule has 4 rings (SSSR count). The van der Waals surface area contributed by atoms with Gasteiger partial charge in [0.15, 0.2) is 5.82 Å². The van der Waals surface area contributed by atoms with Crippen LogP contribution in [-0.2, 0) is 16.0 Å². The van der Waals surface area contributed by atoms with Crippen molar-refractivity contribution in [1.29, 1.82) is 0 Å². The molecule has 1 N–H and O–H groups in total. The van der Waals surface area contributed by atoms with Crippen molar-refractivity contribution in [1.82, 2.24) is 14.8 Å². The Balaban J connectivity index is 1.72. The number of alkyl halides is 3. The van der Waals surface area contributed by atoms with E-state index in [-0.39, 0.29) is 4.90 Å². The van der Waals surface area contributed by atoms with Crippen molar-refractivity contribution in [2.75, 3.05) is 0 Å². The van der Waals surface area contributed by atoms with Crippen LogP contribution in [-0.4, -0.2) is 23.2 Å². The summed E-state index contributed by atoms with van der Waals surface area (Å²) in [5.74, 6) is 0.950. The molecule has 0 unspecified atom stereocenters. The summed E-state index contributed by atoms with van der Waals surface area (Å²) in [4.78, 5) is -0.976. The molecule has 0 aliphatic heterocycles. The van der Waals surface area contributed by atoms with Crippen molar-refractivity contribution in [3.8, 4) is 5.82 Å². The van der Waals surface area contributed by atoms with Crippen LogP contribution >= 0.6 is 0 Å². The molecule has 0 bridgehead atoms. The van der Waals surface area contributed by atoms with E-state index in [0.717, 1.165) is 36.7 Å². The van der Waals surface area contributed by atoms with E-state index in [0.29, 0.717) is 11.7 Å². The molecule has 0 radical (unpaired) electrons. The van der Waals surface area contributed by atoms with Gasteiger partial charge in [0.25, 0.3) is 0 Å². The fourth-order valence-electron chi connectivity index (χ4n) is 2.80. The summed E-state index contributed by atoms with van der Waals surface area (Å²) in [5, 5.41) is 7.04. The van der Waals surface area contributed by atoms with E-state index in [1.165, 1.54) is 29.1 Å². The standard InChI is InChI=1S/C17H14F3N3O2S/c18-17(19,20)13-3-1-2-4-15(13)26(24,25)12-7-8-23(10-12)16-9-14(21-22-16)11-5-6-11/h1-4,7-11H,5-6H2,(H,21,22). The van der Waals surface area contributed by atoms with E-state index in [1.54, 1.807) is 0 Å². The Morgan fingerprint density at radius 3 is 2.58 bits per heavy atom. The van der Waals surface area contributed by atoms with Crippen LogP contribution in [0.3, 0.4) is 0 Å². The van der Waals surface area contributed by atoms with Crippen LogP contribution in [0.2, 0.25) is 0 Å². The Bertz CT molecular complexity index is 1060. The Morgan fingerprint density at radius 1 is 1.15 bits per heavy atom. The number of H-pyrrole nitrogens is 1. The molecule has 0 atom stereocenters. The molecule has 5 nitrogen and oxygen atoms in total. The second-order valence-electron chi connectivity index (χ2n) is 6.21. The van der Waals surface area contributed by atoms with Crippen molar-refractivity contribution in [3.05, 3.63) is 60.0 Å². The highest BCUT2D eigenvalue weighted by molar-refractivity contribution is 7.91. The van der Waals surface area contributed by atoms with Crippen LogP contribution in [0.15, 0.2) is 58.6 Å². The lowest BCUT2D eigenvalue weighted by atomic mass is 10.2. The van der Waals surface area contributed by atoms with Crippen molar-refractivity contribution < 1.29 is 21.6 Å². The fraction of sp³-hybridized carbons (Fsp3) is 0.235. The number of hydrogen-bond donors (Lipinski definition) is 1. The molecular weight excluding hydrogens is 367 g/mol. The molecule has 2 heterocycles. The number of rotatable bonds is 4. The number of aromatic nitrogens is 3. The molecular formula is C17H14F3N3O2S. The molecule has 1 aromatic carbocycles. The van der Waals surface area contributed by atoms with Gasteiger partial charge in [0.1, 0.15) is 0 Å². The molecule has 0 saturated heterocycles. The van der Waals surface area contributed by atoms with Gasteiger partial charge in [0, 0.05) is 30.1 Å². The maximum atomic E-state index is 13.2. The molecule has 1 aliphatic carbocycles. The average Bonchev–Trinajstić information content (AvgIpc) is 3.11. The predicted octanol–water partition coefficient (Wildman–Crippen LogP) is 3.93. The lowest BCUT2D eigenvalue weighted by Crippen LogP contribution is -2.13. The fourth-order valence-corrected chi connectivity index (χ4v) is 4.28. The zero-order chi connectivity index (χ0) is 18.5. The van der Waals surface area contributed by atoms with Gasteiger partial charge in [-0.25, -0.2) is 8.42 Å². The van der Waals surface area contributed by atoms with Crippen molar-refractivity contribution in [3.63, 3.8) is 0 Å². The summed E-state index contributed by atoms with van der Waals surface area (Å²) in [7, 11) is -4.32. The minimum absolute atomic E-state index is 0.217. The summed E-state index contributed by atoms with van der Waals surface area (Å²) in [6.07, 6.45) is 0.154. The van der Waals surface area contributed by atoms with Crippen LogP contribution in [0.1, 0.15) is 30.0 Å². The topological polar surface area (TPSA) is 67.8 Å². The molecule has 1 saturated carbocycles. The minimum Gasteiger partial charge on any atom is -0.306 e. The second kappa shape index (κ2) is 5.73.